The average Bonchev–Trinajstić information content (AvgIpc) is 2.13. The number of pyridine rings is 1. The molecule has 1 aromatic heterocycles. The highest BCUT2D eigenvalue weighted by molar-refractivity contribution is 5.17. The van der Waals surface area contributed by atoms with Crippen LogP contribution in [0, 0.1) is 0 Å². The number of rotatable bonds is 3. The van der Waals surface area contributed by atoms with Crippen LogP contribution in [0.15, 0.2) is 23.1 Å². The smallest absolute Gasteiger partial charge is 0.456 e. The number of hydrogen-bond donors (Lipinski definition) is 1. The number of halogens is 5. The first-order valence-corrected chi connectivity index (χ1v) is 3.98. The highest BCUT2D eigenvalue weighted by Crippen LogP contribution is 2.35. The molecule has 0 saturated heterocycles. The second-order valence-corrected chi connectivity index (χ2v) is 2.88. The fraction of sp³-hybridized carbons (Fsp3) is 0.375. The molecule has 0 atom stereocenters. The summed E-state index contributed by atoms with van der Waals surface area (Å²) in [5.74, 6) is -5.30. The van der Waals surface area contributed by atoms with E-state index in [2.05, 4.69) is 9.72 Å². The summed E-state index contributed by atoms with van der Waals surface area (Å²) in [4.78, 5) is 12.8. The molecule has 3 nitrogen and oxygen atoms in total. The Morgan fingerprint density at radius 2 is 1.88 bits per heavy atom. The summed E-state index contributed by atoms with van der Waals surface area (Å²) >= 11 is 0. The maximum atomic E-state index is 12.4. The zero-order valence-corrected chi connectivity index (χ0v) is 7.65. The minimum Gasteiger partial charge on any atom is -0.487 e. The van der Waals surface area contributed by atoms with E-state index in [-0.39, 0.29) is 5.75 Å². The van der Waals surface area contributed by atoms with Gasteiger partial charge in [0.25, 0.3) is 5.56 Å². The van der Waals surface area contributed by atoms with Crippen molar-refractivity contribution in [1.29, 1.82) is 0 Å². The van der Waals surface area contributed by atoms with E-state index in [0.29, 0.717) is 0 Å². The first kappa shape index (κ1) is 12.5. The third-order valence-corrected chi connectivity index (χ3v) is 1.58. The molecule has 0 aliphatic rings. The standard InChI is InChI=1S/C8H6F5NO2/c9-7(10,8(11,12)13)4-16-5-1-2-14-6(15)3-5/h1-3H,4H2,(H,14,15). The lowest BCUT2D eigenvalue weighted by Gasteiger charge is -2.19. The van der Waals surface area contributed by atoms with Crippen LogP contribution in [0.1, 0.15) is 0 Å². The molecule has 0 fully saturated rings. The number of alkyl halides is 5. The van der Waals surface area contributed by atoms with Crippen LogP contribution in [0.4, 0.5) is 22.0 Å². The van der Waals surface area contributed by atoms with E-state index in [1.165, 1.54) is 0 Å². The Balaban J connectivity index is 2.68. The van der Waals surface area contributed by atoms with E-state index in [0.717, 1.165) is 18.3 Å². The van der Waals surface area contributed by atoms with Gasteiger partial charge in [-0.25, -0.2) is 0 Å². The average molecular weight is 243 g/mol. The summed E-state index contributed by atoms with van der Waals surface area (Å²) in [5.41, 5.74) is -0.659. The molecule has 0 aromatic carbocycles. The minimum atomic E-state index is -5.67. The summed E-state index contributed by atoms with van der Waals surface area (Å²) < 4.78 is 64.1. The topological polar surface area (TPSA) is 42.1 Å². The zero-order valence-electron chi connectivity index (χ0n) is 7.65. The van der Waals surface area contributed by atoms with Gasteiger partial charge in [0.15, 0.2) is 6.61 Å². The summed E-state index contributed by atoms with van der Waals surface area (Å²) in [5, 5.41) is 0. The lowest BCUT2D eigenvalue weighted by atomic mass is 10.3. The Kier molecular flexibility index (Phi) is 3.20. The van der Waals surface area contributed by atoms with E-state index in [1.54, 1.807) is 0 Å². The predicted octanol–water partition coefficient (Wildman–Crippen LogP) is 1.95. The number of H-pyrrole nitrogens is 1. The van der Waals surface area contributed by atoms with Crippen LogP contribution < -0.4 is 10.3 Å². The molecule has 8 heteroatoms. The van der Waals surface area contributed by atoms with Gasteiger partial charge in [0, 0.05) is 12.3 Å². The lowest BCUT2D eigenvalue weighted by molar-refractivity contribution is -0.290. The largest absolute Gasteiger partial charge is 0.487 e. The van der Waals surface area contributed by atoms with Gasteiger partial charge >= 0.3 is 12.1 Å². The highest BCUT2D eigenvalue weighted by Gasteiger charge is 2.58. The molecule has 0 aliphatic heterocycles. The molecule has 0 unspecified atom stereocenters. The molecule has 0 amide bonds. The first-order valence-electron chi connectivity index (χ1n) is 3.98. The van der Waals surface area contributed by atoms with Crippen LogP contribution in [-0.2, 0) is 0 Å². The quantitative estimate of drug-likeness (QED) is 0.824. The van der Waals surface area contributed by atoms with Crippen LogP contribution in [0.25, 0.3) is 0 Å². The van der Waals surface area contributed by atoms with Crippen molar-refractivity contribution in [3.8, 4) is 5.75 Å². The summed E-state index contributed by atoms with van der Waals surface area (Å²) in [6.07, 6.45) is -4.60. The minimum absolute atomic E-state index is 0.354. The van der Waals surface area contributed by atoms with E-state index in [9.17, 15) is 26.7 Å². The van der Waals surface area contributed by atoms with Gasteiger partial charge < -0.3 is 9.72 Å². The third kappa shape index (κ3) is 2.94. The van der Waals surface area contributed by atoms with Crippen molar-refractivity contribution in [2.75, 3.05) is 6.61 Å². The van der Waals surface area contributed by atoms with Crippen LogP contribution in [0.3, 0.4) is 0 Å². The SMILES string of the molecule is O=c1cc(OCC(F)(F)C(F)(F)F)cc[nH]1. The Labute approximate surface area is 85.8 Å². The summed E-state index contributed by atoms with van der Waals surface area (Å²) in [6, 6.07) is 1.83. The van der Waals surface area contributed by atoms with Gasteiger partial charge in [-0.15, -0.1) is 0 Å². The van der Waals surface area contributed by atoms with E-state index < -0.39 is 24.3 Å². The van der Waals surface area contributed by atoms with Gasteiger partial charge in [0.1, 0.15) is 5.75 Å². The maximum absolute atomic E-state index is 12.4. The number of aromatic amines is 1. The second kappa shape index (κ2) is 4.11. The van der Waals surface area contributed by atoms with Gasteiger partial charge in [0.2, 0.25) is 0 Å². The van der Waals surface area contributed by atoms with Crippen molar-refractivity contribution >= 4 is 0 Å². The molecule has 16 heavy (non-hydrogen) atoms. The fourth-order valence-corrected chi connectivity index (χ4v) is 0.771. The van der Waals surface area contributed by atoms with Crippen LogP contribution in [-0.4, -0.2) is 23.7 Å². The number of hydrogen-bond acceptors (Lipinski definition) is 2. The van der Waals surface area contributed by atoms with Crippen molar-refractivity contribution < 1.29 is 26.7 Å². The molecule has 0 radical (unpaired) electrons. The number of aromatic nitrogens is 1. The molecule has 0 saturated carbocycles. The Morgan fingerprint density at radius 3 is 2.38 bits per heavy atom. The molecular weight excluding hydrogens is 237 g/mol. The van der Waals surface area contributed by atoms with Gasteiger partial charge in [-0.05, 0) is 6.07 Å². The van der Waals surface area contributed by atoms with E-state index in [1.807, 2.05) is 0 Å². The van der Waals surface area contributed by atoms with Crippen molar-refractivity contribution in [3.63, 3.8) is 0 Å². The van der Waals surface area contributed by atoms with Gasteiger partial charge in [0.05, 0.1) is 0 Å². The first-order chi connectivity index (χ1) is 7.22. The molecule has 0 aliphatic carbocycles. The van der Waals surface area contributed by atoms with E-state index in [4.69, 9.17) is 0 Å². The highest BCUT2D eigenvalue weighted by atomic mass is 19.4. The normalized spacial score (nSPS) is 12.6. The van der Waals surface area contributed by atoms with Crippen molar-refractivity contribution in [2.24, 2.45) is 0 Å². The van der Waals surface area contributed by atoms with Crippen LogP contribution in [0.5, 0.6) is 5.75 Å². The number of ether oxygens (including phenoxy) is 1. The molecule has 1 rings (SSSR count). The van der Waals surface area contributed by atoms with Crippen LogP contribution >= 0.6 is 0 Å². The van der Waals surface area contributed by atoms with Crippen molar-refractivity contribution in [1.82, 2.24) is 4.98 Å². The molecular formula is C8H6F5NO2. The monoisotopic (exact) mass is 243 g/mol. The van der Waals surface area contributed by atoms with Crippen molar-refractivity contribution in [3.05, 3.63) is 28.7 Å². The van der Waals surface area contributed by atoms with Gasteiger partial charge in [-0.2, -0.15) is 22.0 Å². The molecule has 0 spiro atoms. The molecule has 1 heterocycles. The predicted molar refractivity (Wildman–Crippen MR) is 43.6 cm³/mol. The van der Waals surface area contributed by atoms with Crippen LogP contribution in [0.2, 0.25) is 0 Å². The Bertz CT molecular complexity index is 411. The van der Waals surface area contributed by atoms with Gasteiger partial charge in [-0.1, -0.05) is 0 Å². The molecule has 1 aromatic rings. The zero-order chi connectivity index (χ0) is 12.4. The Hall–Kier alpha value is -1.60. The number of nitrogens with one attached hydrogen (secondary N) is 1. The second-order valence-electron chi connectivity index (χ2n) is 2.88. The molecule has 90 valence electrons. The molecule has 1 N–H and O–H groups in total. The van der Waals surface area contributed by atoms with E-state index >= 15 is 0 Å². The summed E-state index contributed by atoms with van der Waals surface area (Å²) in [7, 11) is 0. The maximum Gasteiger partial charge on any atom is 0.456 e. The van der Waals surface area contributed by atoms with Crippen molar-refractivity contribution in [2.45, 2.75) is 12.1 Å². The third-order valence-electron chi connectivity index (χ3n) is 1.58. The van der Waals surface area contributed by atoms with Gasteiger partial charge in [-0.3, -0.25) is 4.79 Å². The fourth-order valence-electron chi connectivity index (χ4n) is 0.771. The summed E-state index contributed by atoms with van der Waals surface area (Å²) in [6.45, 7) is -1.86. The molecule has 0 bridgehead atoms. The lowest BCUT2D eigenvalue weighted by Crippen LogP contribution is -2.41. The Morgan fingerprint density at radius 1 is 1.25 bits per heavy atom.